The third-order valence-electron chi connectivity index (χ3n) is 2.51. The van der Waals surface area contributed by atoms with Crippen LogP contribution in [0.1, 0.15) is 27.2 Å². The Bertz CT molecular complexity index is 196. The minimum absolute atomic E-state index is 0.00546. The Hall–Kier alpha value is -0.660. The SMILES string of the molecule is CC(=O)C(C)C(=O)C1CC1C. The van der Waals surface area contributed by atoms with Crippen LogP contribution in [0.2, 0.25) is 0 Å². The zero-order valence-corrected chi connectivity index (χ0v) is 7.26. The van der Waals surface area contributed by atoms with Crippen LogP contribution < -0.4 is 0 Å². The van der Waals surface area contributed by atoms with E-state index in [1.54, 1.807) is 6.92 Å². The first-order valence-corrected chi connectivity index (χ1v) is 4.08. The van der Waals surface area contributed by atoms with Gasteiger partial charge < -0.3 is 0 Å². The molecule has 0 aromatic carbocycles. The molecule has 11 heavy (non-hydrogen) atoms. The molecule has 1 saturated carbocycles. The van der Waals surface area contributed by atoms with Gasteiger partial charge in [-0.1, -0.05) is 6.92 Å². The van der Waals surface area contributed by atoms with Gasteiger partial charge in [0.1, 0.15) is 11.6 Å². The van der Waals surface area contributed by atoms with E-state index in [0.29, 0.717) is 5.92 Å². The summed E-state index contributed by atoms with van der Waals surface area (Å²) >= 11 is 0. The molecular weight excluding hydrogens is 140 g/mol. The van der Waals surface area contributed by atoms with E-state index in [4.69, 9.17) is 0 Å². The zero-order chi connectivity index (χ0) is 8.59. The lowest BCUT2D eigenvalue weighted by Gasteiger charge is -2.03. The lowest BCUT2D eigenvalue weighted by atomic mass is 9.98. The quantitative estimate of drug-likeness (QED) is 0.576. The molecule has 0 spiro atoms. The van der Waals surface area contributed by atoms with Gasteiger partial charge in [0, 0.05) is 5.92 Å². The van der Waals surface area contributed by atoms with Gasteiger partial charge >= 0.3 is 0 Å². The molecule has 0 radical (unpaired) electrons. The van der Waals surface area contributed by atoms with Crippen LogP contribution in [0.25, 0.3) is 0 Å². The Kier molecular flexibility index (Phi) is 2.12. The van der Waals surface area contributed by atoms with Gasteiger partial charge in [-0.25, -0.2) is 0 Å². The predicted octanol–water partition coefficient (Wildman–Crippen LogP) is 1.44. The van der Waals surface area contributed by atoms with Crippen molar-refractivity contribution in [2.45, 2.75) is 27.2 Å². The highest BCUT2D eigenvalue weighted by atomic mass is 16.1. The molecule has 0 aromatic heterocycles. The van der Waals surface area contributed by atoms with E-state index in [1.807, 2.05) is 0 Å². The second-order valence-electron chi connectivity index (χ2n) is 3.55. The topological polar surface area (TPSA) is 34.1 Å². The van der Waals surface area contributed by atoms with Crippen molar-refractivity contribution in [2.75, 3.05) is 0 Å². The molecule has 0 heterocycles. The van der Waals surface area contributed by atoms with Crippen molar-refractivity contribution >= 4 is 11.6 Å². The summed E-state index contributed by atoms with van der Waals surface area (Å²) < 4.78 is 0. The molecule has 1 rings (SSSR count). The summed E-state index contributed by atoms with van der Waals surface area (Å²) in [7, 11) is 0. The van der Waals surface area contributed by atoms with E-state index in [2.05, 4.69) is 6.92 Å². The van der Waals surface area contributed by atoms with E-state index in [1.165, 1.54) is 6.92 Å². The molecule has 3 atom stereocenters. The fourth-order valence-corrected chi connectivity index (χ4v) is 1.24. The average Bonchev–Trinajstić information content (AvgIpc) is 2.63. The number of carbonyl (C=O) groups is 2. The van der Waals surface area contributed by atoms with Crippen LogP contribution in [-0.2, 0) is 9.59 Å². The van der Waals surface area contributed by atoms with Crippen molar-refractivity contribution in [1.29, 1.82) is 0 Å². The van der Waals surface area contributed by atoms with Gasteiger partial charge in [-0.05, 0) is 26.2 Å². The Morgan fingerprint density at radius 2 is 1.91 bits per heavy atom. The Labute approximate surface area is 67.0 Å². The van der Waals surface area contributed by atoms with E-state index in [9.17, 15) is 9.59 Å². The largest absolute Gasteiger partial charge is 0.299 e. The summed E-state index contributed by atoms with van der Waals surface area (Å²) in [5.74, 6) is 0.474. The molecule has 0 aliphatic heterocycles. The number of carbonyl (C=O) groups excluding carboxylic acids is 2. The first kappa shape index (κ1) is 8.44. The second-order valence-corrected chi connectivity index (χ2v) is 3.55. The van der Waals surface area contributed by atoms with Gasteiger partial charge in [-0.2, -0.15) is 0 Å². The maximum atomic E-state index is 11.3. The Morgan fingerprint density at radius 1 is 1.45 bits per heavy atom. The van der Waals surface area contributed by atoms with Crippen LogP contribution in [0.15, 0.2) is 0 Å². The summed E-state index contributed by atoms with van der Waals surface area (Å²) in [4.78, 5) is 22.1. The average molecular weight is 154 g/mol. The molecule has 3 unspecified atom stereocenters. The first-order chi connectivity index (χ1) is 5.04. The third-order valence-corrected chi connectivity index (χ3v) is 2.51. The highest BCUT2D eigenvalue weighted by Gasteiger charge is 2.41. The summed E-state index contributed by atoms with van der Waals surface area (Å²) in [5, 5.41) is 0. The van der Waals surface area contributed by atoms with Crippen molar-refractivity contribution in [2.24, 2.45) is 17.8 Å². The molecule has 0 aromatic rings. The molecule has 2 heteroatoms. The lowest BCUT2D eigenvalue weighted by Crippen LogP contribution is -2.20. The lowest BCUT2D eigenvalue weighted by molar-refractivity contribution is -0.131. The molecule has 0 N–H and O–H groups in total. The molecule has 1 aliphatic rings. The maximum absolute atomic E-state index is 11.3. The molecule has 0 saturated heterocycles. The van der Waals surface area contributed by atoms with E-state index < -0.39 is 0 Å². The third kappa shape index (κ3) is 1.67. The van der Waals surface area contributed by atoms with Crippen molar-refractivity contribution in [3.63, 3.8) is 0 Å². The summed E-state index contributed by atoms with van der Waals surface area (Å²) in [5.41, 5.74) is 0. The number of hydrogen-bond acceptors (Lipinski definition) is 2. The van der Waals surface area contributed by atoms with Gasteiger partial charge in [-0.3, -0.25) is 9.59 Å². The van der Waals surface area contributed by atoms with Gasteiger partial charge in [0.05, 0.1) is 5.92 Å². The predicted molar refractivity (Wildman–Crippen MR) is 42.1 cm³/mol. The highest BCUT2D eigenvalue weighted by molar-refractivity contribution is 6.02. The molecule has 2 nitrogen and oxygen atoms in total. The van der Waals surface area contributed by atoms with Crippen LogP contribution in [-0.4, -0.2) is 11.6 Å². The van der Waals surface area contributed by atoms with Crippen molar-refractivity contribution in [3.05, 3.63) is 0 Å². The van der Waals surface area contributed by atoms with E-state index >= 15 is 0 Å². The minimum atomic E-state index is -0.370. The van der Waals surface area contributed by atoms with Crippen LogP contribution >= 0.6 is 0 Å². The molecule has 0 bridgehead atoms. The normalized spacial score (nSPS) is 31.2. The fraction of sp³-hybridized carbons (Fsp3) is 0.778. The molecule has 1 fully saturated rings. The first-order valence-electron chi connectivity index (χ1n) is 4.08. The minimum Gasteiger partial charge on any atom is -0.299 e. The van der Waals surface area contributed by atoms with Crippen LogP contribution in [0.3, 0.4) is 0 Å². The van der Waals surface area contributed by atoms with E-state index in [-0.39, 0.29) is 23.4 Å². The molecule has 62 valence electrons. The molecular formula is C9H14O2. The molecule has 1 aliphatic carbocycles. The maximum Gasteiger partial charge on any atom is 0.146 e. The summed E-state index contributed by atoms with van der Waals surface area (Å²) in [6, 6.07) is 0. The number of hydrogen-bond donors (Lipinski definition) is 0. The Morgan fingerprint density at radius 3 is 2.18 bits per heavy atom. The smallest absolute Gasteiger partial charge is 0.146 e. The van der Waals surface area contributed by atoms with Crippen molar-refractivity contribution in [1.82, 2.24) is 0 Å². The summed E-state index contributed by atoms with van der Waals surface area (Å²) in [6.45, 7) is 5.24. The standard InChI is InChI=1S/C9H14O2/c1-5-4-8(5)9(11)6(2)7(3)10/h5-6,8H,4H2,1-3H3. The van der Waals surface area contributed by atoms with E-state index in [0.717, 1.165) is 6.42 Å². The van der Waals surface area contributed by atoms with Crippen molar-refractivity contribution in [3.8, 4) is 0 Å². The second kappa shape index (κ2) is 2.76. The Balaban J connectivity index is 2.48. The zero-order valence-electron chi connectivity index (χ0n) is 7.26. The number of ketones is 2. The van der Waals surface area contributed by atoms with Crippen molar-refractivity contribution < 1.29 is 9.59 Å². The van der Waals surface area contributed by atoms with Crippen LogP contribution in [0.4, 0.5) is 0 Å². The van der Waals surface area contributed by atoms with Crippen LogP contribution in [0, 0.1) is 17.8 Å². The van der Waals surface area contributed by atoms with Crippen LogP contribution in [0.5, 0.6) is 0 Å². The monoisotopic (exact) mass is 154 g/mol. The van der Waals surface area contributed by atoms with Gasteiger partial charge in [0.2, 0.25) is 0 Å². The van der Waals surface area contributed by atoms with Gasteiger partial charge in [0.25, 0.3) is 0 Å². The fourth-order valence-electron chi connectivity index (χ4n) is 1.24. The van der Waals surface area contributed by atoms with Gasteiger partial charge in [0.15, 0.2) is 0 Å². The number of rotatable bonds is 3. The summed E-state index contributed by atoms with van der Waals surface area (Å²) in [6.07, 6.45) is 0.983. The highest BCUT2D eigenvalue weighted by Crippen LogP contribution is 2.40. The molecule has 0 amide bonds. The van der Waals surface area contributed by atoms with Gasteiger partial charge in [-0.15, -0.1) is 0 Å². The number of Topliss-reactive ketones (excluding diaryl/α,β-unsaturated/α-hetero) is 2.